The van der Waals surface area contributed by atoms with Gasteiger partial charge in [-0.25, -0.2) is 4.79 Å². The molecule has 0 heterocycles. The van der Waals surface area contributed by atoms with Gasteiger partial charge in [0.05, 0.1) is 5.02 Å². The molecule has 0 bridgehead atoms. The van der Waals surface area contributed by atoms with Crippen LogP contribution < -0.4 is 4.74 Å². The number of halogens is 1. The Kier molecular flexibility index (Phi) is 4.85. The number of ether oxygens (including phenoxy) is 1. The maximum Gasteiger partial charge on any atom is 0.328 e. The first-order chi connectivity index (χ1) is 10.0. The monoisotopic (exact) mass is 304 g/mol. The van der Waals surface area contributed by atoms with Crippen LogP contribution in [0.5, 0.6) is 11.5 Å². The predicted molar refractivity (Wildman–Crippen MR) is 80.6 cm³/mol. The maximum absolute atomic E-state index is 10.4. The molecule has 0 spiro atoms. The van der Waals surface area contributed by atoms with Crippen molar-refractivity contribution in [3.05, 3.63) is 64.7 Å². The summed E-state index contributed by atoms with van der Waals surface area (Å²) in [4.78, 5) is 10.4. The third-order valence-electron chi connectivity index (χ3n) is 2.70. The van der Waals surface area contributed by atoms with Crippen LogP contribution in [0.3, 0.4) is 0 Å². The Morgan fingerprint density at radius 1 is 1.19 bits per heavy atom. The molecular formula is C16H13ClO4. The topological polar surface area (TPSA) is 66.8 Å². The van der Waals surface area contributed by atoms with Gasteiger partial charge in [-0.2, -0.15) is 0 Å². The highest BCUT2D eigenvalue weighted by Gasteiger charge is 2.03. The first-order valence-electron chi connectivity index (χ1n) is 6.16. The van der Waals surface area contributed by atoms with Crippen LogP contribution in [0.15, 0.2) is 48.5 Å². The molecule has 0 atom stereocenters. The minimum Gasteiger partial charge on any atom is -0.508 e. The number of aromatic hydroxyl groups is 1. The minimum atomic E-state index is -1.02. The predicted octanol–water partition coefficient (Wildman–Crippen LogP) is 3.72. The van der Waals surface area contributed by atoms with Crippen molar-refractivity contribution in [2.75, 3.05) is 0 Å². The Hall–Kier alpha value is -2.46. The molecule has 2 aromatic rings. The highest BCUT2D eigenvalue weighted by Crippen LogP contribution is 2.27. The Labute approximate surface area is 126 Å². The van der Waals surface area contributed by atoms with Crippen LogP contribution in [0.4, 0.5) is 0 Å². The second kappa shape index (κ2) is 6.81. The fourth-order valence-electron chi connectivity index (χ4n) is 1.66. The fraction of sp³-hybridized carbons (Fsp3) is 0.0625. The molecule has 0 fully saturated rings. The van der Waals surface area contributed by atoms with Gasteiger partial charge in [0.2, 0.25) is 0 Å². The molecule has 2 aromatic carbocycles. The summed E-state index contributed by atoms with van der Waals surface area (Å²) in [5, 5.41) is 18.2. The Balaban J connectivity index is 2.04. The van der Waals surface area contributed by atoms with Gasteiger partial charge >= 0.3 is 5.97 Å². The molecule has 0 aliphatic carbocycles. The van der Waals surface area contributed by atoms with Crippen LogP contribution in [0.1, 0.15) is 11.1 Å². The summed E-state index contributed by atoms with van der Waals surface area (Å²) in [5.74, 6) is -0.303. The van der Waals surface area contributed by atoms with E-state index in [-0.39, 0.29) is 5.75 Å². The van der Waals surface area contributed by atoms with Crippen LogP contribution >= 0.6 is 11.6 Å². The van der Waals surface area contributed by atoms with Gasteiger partial charge in [0.1, 0.15) is 18.1 Å². The molecule has 0 aromatic heterocycles. The maximum atomic E-state index is 10.4. The molecule has 5 heteroatoms. The zero-order chi connectivity index (χ0) is 15.2. The number of phenolic OH excluding ortho intramolecular Hbond substituents is 1. The van der Waals surface area contributed by atoms with Crippen molar-refractivity contribution in [3.8, 4) is 11.5 Å². The normalized spacial score (nSPS) is 10.7. The summed E-state index contributed by atoms with van der Waals surface area (Å²) >= 11 is 6.09. The summed E-state index contributed by atoms with van der Waals surface area (Å²) in [5.41, 5.74) is 1.58. The smallest absolute Gasteiger partial charge is 0.328 e. The molecule has 0 radical (unpaired) electrons. The molecule has 2 N–H and O–H groups in total. The van der Waals surface area contributed by atoms with E-state index in [0.29, 0.717) is 22.9 Å². The first kappa shape index (κ1) is 14.9. The van der Waals surface area contributed by atoms with Crippen LogP contribution in [0.25, 0.3) is 6.08 Å². The van der Waals surface area contributed by atoms with Crippen molar-refractivity contribution in [3.63, 3.8) is 0 Å². The van der Waals surface area contributed by atoms with E-state index < -0.39 is 5.97 Å². The summed E-state index contributed by atoms with van der Waals surface area (Å²) in [6.07, 6.45) is 2.50. The number of aliphatic carboxylic acids is 1. The number of phenols is 1. The molecule has 4 nitrogen and oxygen atoms in total. The zero-order valence-electron chi connectivity index (χ0n) is 11.0. The van der Waals surface area contributed by atoms with Gasteiger partial charge < -0.3 is 14.9 Å². The van der Waals surface area contributed by atoms with Crippen molar-refractivity contribution in [1.29, 1.82) is 0 Å². The molecule has 21 heavy (non-hydrogen) atoms. The average Bonchev–Trinajstić information content (AvgIpc) is 2.46. The van der Waals surface area contributed by atoms with Gasteiger partial charge in [0.25, 0.3) is 0 Å². The molecule has 2 rings (SSSR count). The molecular weight excluding hydrogens is 292 g/mol. The first-order valence-corrected chi connectivity index (χ1v) is 6.53. The molecule has 0 saturated heterocycles. The second-order valence-electron chi connectivity index (χ2n) is 4.32. The number of benzene rings is 2. The van der Waals surface area contributed by atoms with E-state index >= 15 is 0 Å². The quantitative estimate of drug-likeness (QED) is 0.826. The summed E-state index contributed by atoms with van der Waals surface area (Å²) in [6.45, 7) is 0.324. The van der Waals surface area contributed by atoms with Gasteiger partial charge in [-0.3, -0.25) is 0 Å². The van der Waals surface area contributed by atoms with Crippen LogP contribution in [-0.2, 0) is 11.4 Å². The average molecular weight is 305 g/mol. The zero-order valence-corrected chi connectivity index (χ0v) is 11.7. The number of carboxylic acids is 1. The van der Waals surface area contributed by atoms with E-state index in [2.05, 4.69) is 0 Å². The lowest BCUT2D eigenvalue weighted by atomic mass is 10.2. The summed E-state index contributed by atoms with van der Waals surface area (Å²) < 4.78 is 5.59. The SMILES string of the molecule is O=C(O)/C=C/c1ccc(OCc2ccc(O)cc2)c(Cl)c1. The van der Waals surface area contributed by atoms with E-state index in [1.807, 2.05) is 0 Å². The highest BCUT2D eigenvalue weighted by molar-refractivity contribution is 6.32. The van der Waals surface area contributed by atoms with Crippen molar-refractivity contribution in [1.82, 2.24) is 0 Å². The lowest BCUT2D eigenvalue weighted by molar-refractivity contribution is -0.131. The minimum absolute atomic E-state index is 0.200. The van der Waals surface area contributed by atoms with E-state index in [0.717, 1.165) is 11.6 Å². The van der Waals surface area contributed by atoms with E-state index in [1.54, 1.807) is 42.5 Å². The van der Waals surface area contributed by atoms with E-state index in [9.17, 15) is 9.90 Å². The number of carbonyl (C=O) groups is 1. The molecule has 108 valence electrons. The summed E-state index contributed by atoms with van der Waals surface area (Å²) in [7, 11) is 0. The van der Waals surface area contributed by atoms with E-state index in [1.165, 1.54) is 6.08 Å². The number of carboxylic acid groups (broad SMARTS) is 1. The Morgan fingerprint density at radius 2 is 1.90 bits per heavy atom. The van der Waals surface area contributed by atoms with Crippen molar-refractivity contribution in [2.24, 2.45) is 0 Å². The molecule has 0 unspecified atom stereocenters. The van der Waals surface area contributed by atoms with E-state index in [4.69, 9.17) is 21.4 Å². The van der Waals surface area contributed by atoms with Crippen molar-refractivity contribution in [2.45, 2.75) is 6.61 Å². The van der Waals surface area contributed by atoms with Crippen LogP contribution in [0, 0.1) is 0 Å². The number of hydrogen-bond acceptors (Lipinski definition) is 3. The standard InChI is InChI=1S/C16H13ClO4/c17-14-9-11(4-8-16(19)20)3-7-15(14)21-10-12-1-5-13(18)6-2-12/h1-9,18H,10H2,(H,19,20)/b8-4+. The van der Waals surface area contributed by atoms with Gasteiger partial charge in [-0.15, -0.1) is 0 Å². The van der Waals surface area contributed by atoms with Gasteiger partial charge in [0, 0.05) is 6.08 Å². The molecule has 0 aliphatic heterocycles. The summed E-state index contributed by atoms with van der Waals surface area (Å²) in [6, 6.07) is 11.7. The fourth-order valence-corrected chi connectivity index (χ4v) is 1.90. The van der Waals surface area contributed by atoms with Crippen molar-refractivity contribution < 1.29 is 19.7 Å². The Bertz CT molecular complexity index is 662. The van der Waals surface area contributed by atoms with Crippen LogP contribution in [-0.4, -0.2) is 16.2 Å². The lowest BCUT2D eigenvalue weighted by Crippen LogP contribution is -1.95. The van der Waals surface area contributed by atoms with Crippen molar-refractivity contribution >= 4 is 23.6 Å². The third kappa shape index (κ3) is 4.54. The molecule has 0 aliphatic rings. The molecule has 0 saturated carbocycles. The third-order valence-corrected chi connectivity index (χ3v) is 3.00. The second-order valence-corrected chi connectivity index (χ2v) is 4.72. The van der Waals surface area contributed by atoms with Gasteiger partial charge in [-0.05, 0) is 41.5 Å². The Morgan fingerprint density at radius 3 is 2.52 bits per heavy atom. The highest BCUT2D eigenvalue weighted by atomic mass is 35.5. The lowest BCUT2D eigenvalue weighted by Gasteiger charge is -2.08. The largest absolute Gasteiger partial charge is 0.508 e. The van der Waals surface area contributed by atoms with Gasteiger partial charge in [0.15, 0.2) is 0 Å². The van der Waals surface area contributed by atoms with Crippen LogP contribution in [0.2, 0.25) is 5.02 Å². The van der Waals surface area contributed by atoms with Gasteiger partial charge in [-0.1, -0.05) is 29.8 Å². The molecule has 0 amide bonds. The number of rotatable bonds is 5. The number of hydrogen-bond donors (Lipinski definition) is 2.